The summed E-state index contributed by atoms with van der Waals surface area (Å²) in [5.74, 6) is -0.0614. The number of rotatable bonds is 7. The first-order valence-electron chi connectivity index (χ1n) is 9.75. The first-order chi connectivity index (χ1) is 16.1. The third-order valence-electron chi connectivity index (χ3n) is 4.79. The zero-order chi connectivity index (χ0) is 24.5. The standard InChI is InChI=1S/C22H19N3O6S3/c1-31-14-7-9-15(10-8-14)34(29,30)25-18-6-4-3-5-17(18)21(26)24-22-23-19-12-11-16(33(2,27)28)13-20(19)32-22/h3-13,25H,1-2H3,(H,23,24,26). The summed E-state index contributed by atoms with van der Waals surface area (Å²) in [6, 6.07) is 16.5. The van der Waals surface area contributed by atoms with Crippen LogP contribution in [0.2, 0.25) is 0 Å². The topological polar surface area (TPSA) is 132 Å². The van der Waals surface area contributed by atoms with Gasteiger partial charge in [0.05, 0.1) is 38.4 Å². The van der Waals surface area contributed by atoms with E-state index in [1.165, 1.54) is 55.6 Å². The number of anilines is 2. The Morgan fingerprint density at radius 1 is 0.941 bits per heavy atom. The van der Waals surface area contributed by atoms with Gasteiger partial charge in [-0.1, -0.05) is 23.5 Å². The van der Waals surface area contributed by atoms with Crippen LogP contribution < -0.4 is 14.8 Å². The van der Waals surface area contributed by atoms with Gasteiger partial charge in [-0.3, -0.25) is 14.8 Å². The number of fused-ring (bicyclic) bond motifs is 1. The third-order valence-corrected chi connectivity index (χ3v) is 8.22. The number of sulfone groups is 1. The Balaban J connectivity index is 1.59. The van der Waals surface area contributed by atoms with Gasteiger partial charge in [-0.15, -0.1) is 0 Å². The number of carbonyl (C=O) groups excluding carboxylic acids is 1. The lowest BCUT2D eigenvalue weighted by atomic mass is 10.2. The van der Waals surface area contributed by atoms with Crippen LogP contribution in [0.4, 0.5) is 10.8 Å². The molecule has 0 saturated carbocycles. The van der Waals surface area contributed by atoms with Gasteiger partial charge in [0.15, 0.2) is 15.0 Å². The van der Waals surface area contributed by atoms with Crippen LogP contribution in [0.15, 0.2) is 76.5 Å². The molecule has 0 aliphatic carbocycles. The quantitative estimate of drug-likeness (QED) is 0.381. The molecule has 0 bridgehead atoms. The number of thiazole rings is 1. The molecule has 0 saturated heterocycles. The first-order valence-corrected chi connectivity index (χ1v) is 13.9. The monoisotopic (exact) mass is 517 g/mol. The second-order valence-electron chi connectivity index (χ2n) is 7.20. The van der Waals surface area contributed by atoms with Gasteiger partial charge >= 0.3 is 0 Å². The molecule has 0 atom stereocenters. The molecule has 1 aromatic heterocycles. The van der Waals surface area contributed by atoms with Crippen molar-refractivity contribution in [3.05, 3.63) is 72.3 Å². The van der Waals surface area contributed by atoms with Crippen LogP contribution in [0.3, 0.4) is 0 Å². The molecule has 2 N–H and O–H groups in total. The molecule has 1 heterocycles. The fourth-order valence-electron chi connectivity index (χ4n) is 3.08. The predicted octanol–water partition coefficient (Wildman–Crippen LogP) is 3.76. The number of carbonyl (C=O) groups is 1. The van der Waals surface area contributed by atoms with Crippen LogP contribution in [0.1, 0.15) is 10.4 Å². The summed E-state index contributed by atoms with van der Waals surface area (Å²) < 4.78 is 57.3. The van der Waals surface area contributed by atoms with Crippen molar-refractivity contribution in [2.45, 2.75) is 9.79 Å². The molecule has 0 unspecified atom stereocenters. The predicted molar refractivity (Wildman–Crippen MR) is 131 cm³/mol. The Morgan fingerprint density at radius 2 is 1.62 bits per heavy atom. The maximum absolute atomic E-state index is 13.0. The number of amides is 1. The summed E-state index contributed by atoms with van der Waals surface area (Å²) in [6.45, 7) is 0. The second kappa shape index (κ2) is 9.05. The lowest BCUT2D eigenvalue weighted by molar-refractivity contribution is 0.102. The summed E-state index contributed by atoms with van der Waals surface area (Å²) in [5, 5.41) is 2.90. The SMILES string of the molecule is COc1ccc(S(=O)(=O)Nc2ccccc2C(=O)Nc2nc3ccc(S(C)(=O)=O)cc3s2)cc1. The van der Waals surface area contributed by atoms with E-state index in [2.05, 4.69) is 15.0 Å². The number of benzene rings is 3. The van der Waals surface area contributed by atoms with Crippen molar-refractivity contribution in [3.8, 4) is 5.75 Å². The number of nitrogens with zero attached hydrogens (tertiary/aromatic N) is 1. The van der Waals surface area contributed by atoms with Crippen LogP contribution in [0, 0.1) is 0 Å². The third kappa shape index (κ3) is 5.03. The fraction of sp³-hybridized carbons (Fsp3) is 0.0909. The summed E-state index contributed by atoms with van der Waals surface area (Å²) in [6.07, 6.45) is 1.11. The van der Waals surface area contributed by atoms with Crippen LogP contribution in [-0.4, -0.2) is 41.1 Å². The molecule has 0 radical (unpaired) electrons. The molecule has 0 aliphatic rings. The number of aromatic nitrogens is 1. The van der Waals surface area contributed by atoms with Gasteiger partial charge in [0.1, 0.15) is 5.75 Å². The van der Waals surface area contributed by atoms with Gasteiger partial charge in [-0.25, -0.2) is 21.8 Å². The van der Waals surface area contributed by atoms with Gasteiger partial charge in [0.25, 0.3) is 15.9 Å². The molecule has 9 nitrogen and oxygen atoms in total. The molecule has 4 rings (SSSR count). The number of hydrogen-bond acceptors (Lipinski definition) is 8. The van der Waals surface area contributed by atoms with Gasteiger partial charge < -0.3 is 4.74 Å². The van der Waals surface area contributed by atoms with Crippen LogP contribution in [0.5, 0.6) is 5.75 Å². The summed E-state index contributed by atoms with van der Waals surface area (Å²) in [4.78, 5) is 17.4. The molecule has 0 fully saturated rings. The minimum absolute atomic E-state index is 0.0105. The lowest BCUT2D eigenvalue weighted by Crippen LogP contribution is -2.18. The molecule has 0 aliphatic heterocycles. The fourth-order valence-corrected chi connectivity index (χ4v) is 5.78. The van der Waals surface area contributed by atoms with E-state index in [1.807, 2.05) is 0 Å². The van der Waals surface area contributed by atoms with Gasteiger partial charge in [-0.2, -0.15) is 0 Å². The van der Waals surface area contributed by atoms with E-state index in [0.717, 1.165) is 17.6 Å². The van der Waals surface area contributed by atoms with E-state index in [-0.39, 0.29) is 26.2 Å². The van der Waals surface area contributed by atoms with E-state index in [9.17, 15) is 21.6 Å². The number of ether oxygens (including phenoxy) is 1. The van der Waals surface area contributed by atoms with E-state index in [1.54, 1.807) is 18.2 Å². The molecule has 1 amide bonds. The van der Waals surface area contributed by atoms with E-state index in [0.29, 0.717) is 16.0 Å². The normalized spacial score (nSPS) is 11.8. The molecule has 3 aromatic carbocycles. The number of sulfonamides is 1. The molecule has 34 heavy (non-hydrogen) atoms. The van der Waals surface area contributed by atoms with Crippen molar-refractivity contribution >= 4 is 58.1 Å². The highest BCUT2D eigenvalue weighted by molar-refractivity contribution is 7.92. The van der Waals surface area contributed by atoms with Gasteiger partial charge in [0, 0.05) is 6.26 Å². The van der Waals surface area contributed by atoms with Crippen molar-refractivity contribution in [3.63, 3.8) is 0 Å². The molecular formula is C22H19N3O6S3. The maximum Gasteiger partial charge on any atom is 0.261 e. The van der Waals surface area contributed by atoms with Crippen molar-refractivity contribution in [2.75, 3.05) is 23.4 Å². The van der Waals surface area contributed by atoms with Crippen LogP contribution >= 0.6 is 11.3 Å². The highest BCUT2D eigenvalue weighted by Gasteiger charge is 2.20. The van der Waals surface area contributed by atoms with Crippen molar-refractivity contribution in [1.82, 2.24) is 4.98 Å². The molecule has 0 spiro atoms. The molecule has 4 aromatic rings. The van der Waals surface area contributed by atoms with Crippen molar-refractivity contribution in [2.24, 2.45) is 0 Å². The minimum atomic E-state index is -3.96. The van der Waals surface area contributed by atoms with E-state index < -0.39 is 25.8 Å². The number of nitrogens with one attached hydrogen (secondary N) is 2. The Labute approximate surface area is 200 Å². The Hall–Kier alpha value is -3.48. The average molecular weight is 518 g/mol. The summed E-state index contributed by atoms with van der Waals surface area (Å²) in [7, 11) is -5.86. The highest BCUT2D eigenvalue weighted by atomic mass is 32.2. The van der Waals surface area contributed by atoms with E-state index in [4.69, 9.17) is 4.74 Å². The lowest BCUT2D eigenvalue weighted by Gasteiger charge is -2.12. The largest absolute Gasteiger partial charge is 0.497 e. The smallest absolute Gasteiger partial charge is 0.261 e. The average Bonchev–Trinajstić information content (AvgIpc) is 3.20. The van der Waals surface area contributed by atoms with Crippen molar-refractivity contribution in [1.29, 1.82) is 0 Å². The molecule has 12 heteroatoms. The van der Waals surface area contributed by atoms with Gasteiger partial charge in [-0.05, 0) is 54.6 Å². The summed E-state index contributed by atoms with van der Waals surface area (Å²) in [5.41, 5.74) is 0.716. The molecule has 176 valence electrons. The zero-order valence-corrected chi connectivity index (χ0v) is 20.4. The number of methoxy groups -OCH3 is 1. The Bertz CT molecular complexity index is 1590. The molecular weight excluding hydrogens is 498 g/mol. The summed E-state index contributed by atoms with van der Waals surface area (Å²) >= 11 is 1.11. The first kappa shape index (κ1) is 23.7. The zero-order valence-electron chi connectivity index (χ0n) is 18.0. The number of para-hydroxylation sites is 1. The van der Waals surface area contributed by atoms with Crippen LogP contribution in [0.25, 0.3) is 10.2 Å². The minimum Gasteiger partial charge on any atom is -0.497 e. The Morgan fingerprint density at radius 3 is 2.29 bits per heavy atom. The van der Waals surface area contributed by atoms with Crippen molar-refractivity contribution < 1.29 is 26.4 Å². The second-order valence-corrected chi connectivity index (χ2v) is 11.9. The van der Waals surface area contributed by atoms with Gasteiger partial charge in [0.2, 0.25) is 0 Å². The maximum atomic E-state index is 13.0. The highest BCUT2D eigenvalue weighted by Crippen LogP contribution is 2.29. The van der Waals surface area contributed by atoms with E-state index >= 15 is 0 Å². The number of hydrogen-bond donors (Lipinski definition) is 2. The van der Waals surface area contributed by atoms with Crippen LogP contribution in [-0.2, 0) is 19.9 Å². The Kier molecular flexibility index (Phi) is 6.30.